The summed E-state index contributed by atoms with van der Waals surface area (Å²) in [5.41, 5.74) is -4.10. The molecule has 2 aromatic carbocycles. The molecule has 2 amide bonds. The molecule has 1 N–H and O–H groups in total. The lowest BCUT2D eigenvalue weighted by atomic mass is 9.57. The molecule has 1 heterocycles. The van der Waals surface area contributed by atoms with Gasteiger partial charge in [0, 0.05) is 12.1 Å². The van der Waals surface area contributed by atoms with E-state index in [9.17, 15) is 40.7 Å². The van der Waals surface area contributed by atoms with E-state index < -0.39 is 70.2 Å². The van der Waals surface area contributed by atoms with E-state index in [1.165, 1.54) is 18.9 Å². The minimum absolute atomic E-state index is 0.0394. The van der Waals surface area contributed by atoms with Crippen LogP contribution in [0.25, 0.3) is 0 Å². The topological polar surface area (TPSA) is 94.2 Å². The Hall–Kier alpha value is -3.97. The number of methoxy groups -OCH3 is 1. The maximum atomic E-state index is 13.6. The Kier molecular flexibility index (Phi) is 10.6. The molecule has 1 aliphatic heterocycles. The van der Waals surface area contributed by atoms with Gasteiger partial charge in [-0.3, -0.25) is 9.59 Å². The minimum atomic E-state index is -5.06. The number of hydrogen-bond acceptors (Lipinski definition) is 6. The van der Waals surface area contributed by atoms with Crippen LogP contribution < -0.4 is 10.1 Å². The first kappa shape index (κ1) is 38.8. The Morgan fingerprint density at radius 2 is 1.58 bits per heavy atom. The molecule has 2 fully saturated rings. The summed E-state index contributed by atoms with van der Waals surface area (Å²) in [6.07, 6.45) is -10.4. The molecule has 1 aliphatic carbocycles. The average molecular weight is 715 g/mol. The molecule has 1 saturated carbocycles. The van der Waals surface area contributed by atoms with Crippen LogP contribution >= 0.6 is 0 Å². The number of nitrogens with one attached hydrogen (secondary N) is 1. The van der Waals surface area contributed by atoms with Crippen molar-refractivity contribution >= 4 is 18.0 Å². The van der Waals surface area contributed by atoms with Gasteiger partial charge in [-0.25, -0.2) is 4.79 Å². The van der Waals surface area contributed by atoms with Gasteiger partial charge in [-0.05, 0) is 111 Å². The average Bonchev–Trinajstić information content (AvgIpc) is 3.25. The largest absolute Gasteiger partial charge is 0.496 e. The number of cyclic esters (lactones) is 1. The zero-order valence-corrected chi connectivity index (χ0v) is 29.4. The predicted octanol–water partition coefficient (Wildman–Crippen LogP) is 8.69. The zero-order valence-electron chi connectivity index (χ0n) is 29.4. The molecule has 1 unspecified atom stereocenters. The van der Waals surface area contributed by atoms with Gasteiger partial charge in [0.1, 0.15) is 24.0 Å². The van der Waals surface area contributed by atoms with Gasteiger partial charge in [-0.15, -0.1) is 0 Å². The van der Waals surface area contributed by atoms with Crippen LogP contribution in [0.2, 0.25) is 0 Å². The van der Waals surface area contributed by atoms with E-state index in [-0.39, 0.29) is 36.1 Å². The number of carbonyl (C=O) groups is 3. The van der Waals surface area contributed by atoms with E-state index in [1.807, 2.05) is 6.92 Å². The van der Waals surface area contributed by atoms with Crippen LogP contribution in [-0.2, 0) is 26.6 Å². The van der Waals surface area contributed by atoms with Gasteiger partial charge in [-0.1, -0.05) is 20.8 Å². The lowest BCUT2D eigenvalue weighted by Crippen LogP contribution is -2.47. The van der Waals surface area contributed by atoms with Crippen LogP contribution in [0.3, 0.4) is 0 Å². The molecule has 0 spiro atoms. The standard InChI is InChI=1S/C36H44F6N2O6/c1-20-29(22-13-23(35(37,38)39)16-24(14-22)36(40,41)42)49-31(47)44(20)19-34(7)18-33(5,6)12-11-26(34)25-15-21(9-10-27(25)48-8)30(46)43-17-28(45)50-32(2,3)4/h9-10,13-16,20,26,29H,11-12,17-19H2,1-8H3,(H,43,46)/t20-,26?,29-,34-/m0/s1. The van der Waals surface area contributed by atoms with Gasteiger partial charge in [0.05, 0.1) is 24.3 Å². The van der Waals surface area contributed by atoms with Crippen molar-refractivity contribution in [3.8, 4) is 5.75 Å². The molecule has 8 nitrogen and oxygen atoms in total. The summed E-state index contributed by atoms with van der Waals surface area (Å²) >= 11 is 0. The SMILES string of the molecule is COc1ccc(C(=O)NCC(=O)OC(C)(C)C)cc1C1CCC(C)(C)C[C@@]1(C)CN1C(=O)O[C@H](c2cc(C(F)(F)F)cc(C(F)(F)F)c2)[C@@H]1C. The first-order valence-electron chi connectivity index (χ1n) is 16.3. The quantitative estimate of drug-likeness (QED) is 0.217. The van der Waals surface area contributed by atoms with Gasteiger partial charge in [0.15, 0.2) is 0 Å². The highest BCUT2D eigenvalue weighted by Crippen LogP contribution is 2.56. The summed E-state index contributed by atoms with van der Waals surface area (Å²) in [5, 5.41) is 2.58. The molecule has 4 atom stereocenters. The second kappa shape index (κ2) is 13.6. The Morgan fingerprint density at radius 1 is 0.980 bits per heavy atom. The van der Waals surface area contributed by atoms with E-state index >= 15 is 0 Å². The van der Waals surface area contributed by atoms with Crippen LogP contribution in [0.5, 0.6) is 5.75 Å². The molecule has 0 aromatic heterocycles. The van der Waals surface area contributed by atoms with E-state index in [4.69, 9.17) is 14.2 Å². The normalized spacial score (nSPS) is 24.1. The number of carbonyl (C=O) groups excluding carboxylic acids is 3. The van der Waals surface area contributed by atoms with Crippen LogP contribution in [0, 0.1) is 10.8 Å². The van der Waals surface area contributed by atoms with Crippen LogP contribution in [0.15, 0.2) is 36.4 Å². The van der Waals surface area contributed by atoms with E-state index in [2.05, 4.69) is 19.2 Å². The maximum Gasteiger partial charge on any atom is 0.416 e. The smallest absolute Gasteiger partial charge is 0.416 e. The fourth-order valence-electron chi connectivity index (χ4n) is 7.36. The Balaban J connectivity index is 1.67. The molecule has 50 heavy (non-hydrogen) atoms. The number of nitrogens with zero attached hydrogens (tertiary/aromatic N) is 1. The van der Waals surface area contributed by atoms with E-state index in [0.717, 1.165) is 6.42 Å². The third kappa shape index (κ3) is 8.84. The summed E-state index contributed by atoms with van der Waals surface area (Å²) in [4.78, 5) is 40.1. The summed E-state index contributed by atoms with van der Waals surface area (Å²) in [6.45, 7) is 12.5. The fraction of sp³-hybridized carbons (Fsp3) is 0.583. The fourth-order valence-corrected chi connectivity index (χ4v) is 7.36. The maximum absolute atomic E-state index is 13.6. The number of ether oxygens (including phenoxy) is 3. The Bertz CT molecular complexity index is 1580. The van der Waals surface area contributed by atoms with Crippen molar-refractivity contribution in [3.63, 3.8) is 0 Å². The highest BCUT2D eigenvalue weighted by molar-refractivity contribution is 5.96. The molecule has 2 aromatic rings. The molecule has 1 saturated heterocycles. The number of hydrogen-bond donors (Lipinski definition) is 1. The van der Waals surface area contributed by atoms with E-state index in [0.29, 0.717) is 36.3 Å². The molecule has 0 bridgehead atoms. The third-order valence-corrected chi connectivity index (χ3v) is 9.38. The van der Waals surface area contributed by atoms with Crippen molar-refractivity contribution in [2.75, 3.05) is 20.2 Å². The number of amides is 2. The molecule has 14 heteroatoms. The first-order chi connectivity index (χ1) is 22.8. The van der Waals surface area contributed by atoms with Crippen LogP contribution in [0.4, 0.5) is 31.1 Å². The van der Waals surface area contributed by atoms with Crippen molar-refractivity contribution in [2.45, 2.75) is 104 Å². The van der Waals surface area contributed by atoms with Crippen molar-refractivity contribution in [1.82, 2.24) is 10.2 Å². The molecule has 2 aliphatic rings. The Labute approximate surface area is 287 Å². The molecule has 0 radical (unpaired) electrons. The molecule has 276 valence electrons. The van der Waals surface area contributed by atoms with Gasteiger partial charge in [0.2, 0.25) is 0 Å². The second-order valence-corrected chi connectivity index (χ2v) is 15.3. The number of benzene rings is 2. The minimum Gasteiger partial charge on any atom is -0.496 e. The summed E-state index contributed by atoms with van der Waals surface area (Å²) < 4.78 is 98.3. The van der Waals surface area contributed by atoms with Gasteiger partial charge in [0.25, 0.3) is 5.91 Å². The molecular weight excluding hydrogens is 670 g/mol. The lowest BCUT2D eigenvalue weighted by Gasteiger charge is -2.50. The monoisotopic (exact) mass is 714 g/mol. The van der Waals surface area contributed by atoms with Gasteiger partial charge in [-0.2, -0.15) is 26.3 Å². The predicted molar refractivity (Wildman–Crippen MR) is 171 cm³/mol. The van der Waals surface area contributed by atoms with Crippen molar-refractivity contribution in [2.24, 2.45) is 10.8 Å². The molecular formula is C36H44F6N2O6. The van der Waals surface area contributed by atoms with Crippen LogP contribution in [-0.4, -0.2) is 54.7 Å². The number of alkyl halides is 6. The summed E-state index contributed by atoms with van der Waals surface area (Å²) in [5.74, 6) is -0.931. The second-order valence-electron chi connectivity index (χ2n) is 15.3. The number of rotatable bonds is 8. The highest BCUT2D eigenvalue weighted by atomic mass is 19.4. The first-order valence-corrected chi connectivity index (χ1v) is 16.3. The Morgan fingerprint density at radius 3 is 2.12 bits per heavy atom. The number of halogens is 6. The van der Waals surface area contributed by atoms with Crippen molar-refractivity contribution in [3.05, 3.63) is 64.2 Å². The van der Waals surface area contributed by atoms with Crippen molar-refractivity contribution in [1.29, 1.82) is 0 Å². The zero-order chi connectivity index (χ0) is 37.6. The van der Waals surface area contributed by atoms with Crippen molar-refractivity contribution < 1.29 is 54.9 Å². The lowest BCUT2D eigenvalue weighted by molar-refractivity contribution is -0.153. The molecule has 4 rings (SSSR count). The van der Waals surface area contributed by atoms with Gasteiger partial charge < -0.3 is 24.4 Å². The third-order valence-electron chi connectivity index (χ3n) is 9.38. The highest BCUT2D eigenvalue weighted by Gasteiger charge is 2.50. The number of esters is 1. The summed E-state index contributed by atoms with van der Waals surface area (Å²) in [7, 11) is 1.49. The van der Waals surface area contributed by atoms with Crippen LogP contribution in [0.1, 0.15) is 112 Å². The van der Waals surface area contributed by atoms with Gasteiger partial charge >= 0.3 is 24.4 Å². The summed E-state index contributed by atoms with van der Waals surface area (Å²) in [6, 6.07) is 5.19. The van der Waals surface area contributed by atoms with E-state index in [1.54, 1.807) is 39.0 Å².